The maximum Gasteiger partial charge on any atom is 0.428 e. The highest BCUT2D eigenvalue weighted by atomic mass is 79.9. The molecule has 0 bridgehead atoms. The number of hydrogen-bond donors (Lipinski definition) is 1. The SMILES string of the molecule is CCN(C(=O)c1cc(Br)cc(Br)c1NC(=O)c1cc(Br)nn1-c1ncccc1Cl)N(C)C(=O)OC. The third kappa shape index (κ3) is 5.85. The summed E-state index contributed by atoms with van der Waals surface area (Å²) in [5.74, 6) is -0.862. The predicted octanol–water partition coefficient (Wildman–Crippen LogP) is 5.54. The zero-order valence-electron chi connectivity index (χ0n) is 18.6. The second-order valence-corrected chi connectivity index (χ2v) is 9.84. The molecular formula is C21H18Br3ClN6O4. The molecule has 0 saturated heterocycles. The number of methoxy groups -OCH3 is 1. The Bertz CT molecular complexity index is 1300. The van der Waals surface area contributed by atoms with Crippen molar-refractivity contribution in [2.75, 3.05) is 26.0 Å². The average molecular weight is 694 g/mol. The molecule has 2 heterocycles. The molecule has 2 aromatic heterocycles. The largest absolute Gasteiger partial charge is 0.452 e. The number of hydrogen-bond acceptors (Lipinski definition) is 6. The van der Waals surface area contributed by atoms with Crippen molar-refractivity contribution in [1.29, 1.82) is 0 Å². The van der Waals surface area contributed by atoms with Crippen LogP contribution in [0, 0.1) is 0 Å². The monoisotopic (exact) mass is 690 g/mol. The topological polar surface area (TPSA) is 110 Å². The molecule has 3 amide bonds. The van der Waals surface area contributed by atoms with Crippen molar-refractivity contribution in [3.63, 3.8) is 0 Å². The Labute approximate surface area is 230 Å². The van der Waals surface area contributed by atoms with Gasteiger partial charge in [0, 0.05) is 34.8 Å². The fourth-order valence-electron chi connectivity index (χ4n) is 3.12. The van der Waals surface area contributed by atoms with Gasteiger partial charge in [0.2, 0.25) is 0 Å². The molecule has 10 nitrogen and oxygen atoms in total. The number of carbonyl (C=O) groups excluding carboxylic acids is 3. The lowest BCUT2D eigenvalue weighted by Gasteiger charge is -2.30. The van der Waals surface area contributed by atoms with Crippen LogP contribution in [0.15, 0.2) is 50.1 Å². The number of aromatic nitrogens is 3. The molecule has 0 spiro atoms. The first-order valence-electron chi connectivity index (χ1n) is 9.89. The second kappa shape index (κ2) is 11.5. The van der Waals surface area contributed by atoms with Gasteiger partial charge < -0.3 is 10.1 Å². The molecule has 0 radical (unpaired) electrons. The lowest BCUT2D eigenvalue weighted by molar-refractivity contribution is 0.00913. The molecule has 0 atom stereocenters. The van der Waals surface area contributed by atoms with Crippen LogP contribution < -0.4 is 5.32 Å². The van der Waals surface area contributed by atoms with E-state index in [1.165, 1.54) is 36.1 Å². The van der Waals surface area contributed by atoms with Gasteiger partial charge in [-0.05, 0) is 63.0 Å². The van der Waals surface area contributed by atoms with Crippen molar-refractivity contribution in [3.8, 4) is 5.82 Å². The van der Waals surface area contributed by atoms with E-state index in [0.717, 1.165) is 5.01 Å². The number of halogens is 4. The number of rotatable bonds is 5. The Morgan fingerprint density at radius 1 is 1.20 bits per heavy atom. The zero-order chi connectivity index (χ0) is 25.9. The van der Waals surface area contributed by atoms with Crippen LogP contribution in [-0.4, -0.2) is 63.4 Å². The highest BCUT2D eigenvalue weighted by Gasteiger charge is 2.28. The van der Waals surface area contributed by atoms with E-state index in [1.807, 2.05) is 0 Å². The average Bonchev–Trinajstić information content (AvgIpc) is 3.21. The number of benzene rings is 1. The molecule has 3 rings (SSSR count). The van der Waals surface area contributed by atoms with E-state index in [4.69, 9.17) is 16.3 Å². The van der Waals surface area contributed by atoms with Crippen molar-refractivity contribution < 1.29 is 19.1 Å². The standard InChI is InChI=1S/C21H18Br3ClN6O4/c1-4-30(29(2)21(34)35-3)20(33)12-8-11(22)9-13(23)17(12)27-19(32)15-10-16(24)28-31(15)18-14(25)6-5-7-26-18/h5-10H,4H2,1-3H3,(H,27,32). The van der Waals surface area contributed by atoms with Gasteiger partial charge in [-0.15, -0.1) is 0 Å². The number of carbonyl (C=O) groups is 3. The van der Waals surface area contributed by atoms with Crippen molar-refractivity contribution in [2.24, 2.45) is 0 Å². The van der Waals surface area contributed by atoms with Crippen LogP contribution in [0.4, 0.5) is 10.5 Å². The summed E-state index contributed by atoms with van der Waals surface area (Å²) in [5, 5.41) is 9.56. The highest BCUT2D eigenvalue weighted by molar-refractivity contribution is 9.11. The summed E-state index contributed by atoms with van der Waals surface area (Å²) in [5.41, 5.74) is 0.429. The number of amides is 3. The van der Waals surface area contributed by atoms with Gasteiger partial charge in [-0.1, -0.05) is 27.5 Å². The summed E-state index contributed by atoms with van der Waals surface area (Å²) in [6, 6.07) is 8.00. The van der Waals surface area contributed by atoms with Crippen LogP contribution in [0.2, 0.25) is 5.02 Å². The molecule has 1 aromatic carbocycles. The molecular weight excluding hydrogens is 675 g/mol. The molecule has 14 heteroatoms. The summed E-state index contributed by atoms with van der Waals surface area (Å²) in [4.78, 5) is 43.0. The van der Waals surface area contributed by atoms with Gasteiger partial charge in [0.05, 0.1) is 23.4 Å². The summed E-state index contributed by atoms with van der Waals surface area (Å²) in [7, 11) is 2.62. The Morgan fingerprint density at radius 2 is 1.91 bits per heavy atom. The first kappa shape index (κ1) is 27.1. The van der Waals surface area contributed by atoms with Gasteiger partial charge in [-0.2, -0.15) is 5.10 Å². The Hall–Kier alpha value is -2.48. The van der Waals surface area contributed by atoms with Crippen LogP contribution in [0.25, 0.3) is 5.82 Å². The molecule has 0 unspecified atom stereocenters. The fourth-order valence-corrected chi connectivity index (χ4v) is 5.02. The van der Waals surface area contributed by atoms with E-state index < -0.39 is 17.9 Å². The summed E-state index contributed by atoms with van der Waals surface area (Å²) in [6.45, 7) is 1.87. The van der Waals surface area contributed by atoms with Gasteiger partial charge in [0.25, 0.3) is 11.8 Å². The summed E-state index contributed by atoms with van der Waals surface area (Å²) >= 11 is 16.3. The van der Waals surface area contributed by atoms with Crippen LogP contribution in [0.1, 0.15) is 27.8 Å². The zero-order valence-corrected chi connectivity index (χ0v) is 24.1. The van der Waals surface area contributed by atoms with E-state index in [-0.39, 0.29) is 29.3 Å². The van der Waals surface area contributed by atoms with Gasteiger partial charge >= 0.3 is 6.09 Å². The molecule has 184 valence electrons. The molecule has 0 aliphatic rings. The minimum absolute atomic E-state index is 0.115. The first-order chi connectivity index (χ1) is 16.6. The summed E-state index contributed by atoms with van der Waals surface area (Å²) < 4.78 is 7.41. The summed E-state index contributed by atoms with van der Waals surface area (Å²) in [6.07, 6.45) is 0.804. The maximum atomic E-state index is 13.4. The quantitative estimate of drug-likeness (QED) is 0.352. The van der Waals surface area contributed by atoms with Crippen LogP contribution >= 0.6 is 59.4 Å². The number of nitrogens with one attached hydrogen (secondary N) is 1. The van der Waals surface area contributed by atoms with Crippen LogP contribution in [0.3, 0.4) is 0 Å². The van der Waals surface area contributed by atoms with Crippen molar-refractivity contribution >= 4 is 83.0 Å². The van der Waals surface area contributed by atoms with Crippen molar-refractivity contribution in [2.45, 2.75) is 6.92 Å². The fraction of sp³-hybridized carbons (Fsp3) is 0.190. The van der Waals surface area contributed by atoms with Gasteiger partial charge in [-0.3, -0.25) is 9.59 Å². The van der Waals surface area contributed by atoms with E-state index in [2.05, 4.69) is 63.2 Å². The van der Waals surface area contributed by atoms with E-state index in [1.54, 1.807) is 31.2 Å². The number of nitrogens with zero attached hydrogens (tertiary/aromatic N) is 5. The molecule has 0 saturated carbocycles. The molecule has 35 heavy (non-hydrogen) atoms. The van der Waals surface area contributed by atoms with E-state index >= 15 is 0 Å². The number of anilines is 1. The van der Waals surface area contributed by atoms with E-state index in [0.29, 0.717) is 18.6 Å². The van der Waals surface area contributed by atoms with Crippen molar-refractivity contribution in [3.05, 3.63) is 66.4 Å². The third-order valence-corrected chi connectivity index (χ3v) is 6.48. The van der Waals surface area contributed by atoms with Crippen molar-refractivity contribution in [1.82, 2.24) is 24.8 Å². The van der Waals surface area contributed by atoms with Crippen LogP contribution in [-0.2, 0) is 4.74 Å². The normalized spacial score (nSPS) is 10.6. The molecule has 3 aromatic rings. The minimum atomic E-state index is -0.721. The first-order valence-corrected chi connectivity index (χ1v) is 12.6. The van der Waals surface area contributed by atoms with Gasteiger partial charge in [0.15, 0.2) is 5.82 Å². The smallest absolute Gasteiger partial charge is 0.428 e. The number of ether oxygens (including phenoxy) is 1. The lowest BCUT2D eigenvalue weighted by Crippen LogP contribution is -2.47. The minimum Gasteiger partial charge on any atom is -0.452 e. The maximum absolute atomic E-state index is 13.4. The third-order valence-electron chi connectivity index (χ3n) is 4.71. The van der Waals surface area contributed by atoms with Gasteiger partial charge in [-0.25, -0.2) is 24.5 Å². The lowest BCUT2D eigenvalue weighted by atomic mass is 10.1. The number of pyridine rings is 1. The Kier molecular flexibility index (Phi) is 8.91. The molecule has 0 aliphatic carbocycles. The second-order valence-electron chi connectivity index (χ2n) is 6.85. The van der Waals surface area contributed by atoms with E-state index in [9.17, 15) is 14.4 Å². The number of hydrazine groups is 1. The van der Waals surface area contributed by atoms with Crippen LogP contribution in [0.5, 0.6) is 0 Å². The molecule has 0 fully saturated rings. The Morgan fingerprint density at radius 3 is 2.54 bits per heavy atom. The predicted molar refractivity (Wildman–Crippen MR) is 141 cm³/mol. The molecule has 0 aliphatic heterocycles. The van der Waals surface area contributed by atoms with Gasteiger partial charge in [0.1, 0.15) is 10.3 Å². The molecule has 1 N–H and O–H groups in total. The highest BCUT2D eigenvalue weighted by Crippen LogP contribution is 2.33. The Balaban J connectivity index is 2.04.